The van der Waals surface area contributed by atoms with Gasteiger partial charge in [0.1, 0.15) is 0 Å². The summed E-state index contributed by atoms with van der Waals surface area (Å²) >= 11 is 0. The van der Waals surface area contributed by atoms with E-state index < -0.39 is 6.03 Å². The van der Waals surface area contributed by atoms with E-state index in [1.54, 1.807) is 0 Å². The lowest BCUT2D eigenvalue weighted by molar-refractivity contribution is -0.929. The van der Waals surface area contributed by atoms with E-state index in [2.05, 4.69) is 139 Å². The molecule has 3 aromatic rings. The number of fused-ring (bicyclic) bond motifs is 5. The van der Waals surface area contributed by atoms with Gasteiger partial charge in [-0.2, -0.15) is 0 Å². The van der Waals surface area contributed by atoms with Crippen LogP contribution in [0, 0.1) is 0 Å². The van der Waals surface area contributed by atoms with Crippen molar-refractivity contribution in [1.82, 2.24) is 0 Å². The van der Waals surface area contributed by atoms with Crippen LogP contribution in [-0.4, -0.2) is 58.3 Å². The number of rotatable bonds is 18. The van der Waals surface area contributed by atoms with E-state index in [4.69, 9.17) is 9.47 Å². The van der Waals surface area contributed by atoms with Crippen LogP contribution in [0.4, 0.5) is 11.4 Å². The number of nitrogens with zero attached hydrogens (tertiary/aromatic N) is 3. The second-order valence-electron chi connectivity index (χ2n) is 19.1. The molecule has 6 rings (SSSR count). The Morgan fingerprint density at radius 1 is 0.527 bits per heavy atom. The van der Waals surface area contributed by atoms with E-state index in [9.17, 15) is 0 Å². The highest BCUT2D eigenvalue weighted by Gasteiger charge is 2.73. The van der Waals surface area contributed by atoms with Gasteiger partial charge in [0.05, 0.1) is 37.3 Å². The van der Waals surface area contributed by atoms with Gasteiger partial charge >= 0.3 is 6.03 Å². The monoisotopic (exact) mass is 749 g/mol. The maximum absolute atomic E-state index is 7.42. The number of quaternary nitrogens is 1. The van der Waals surface area contributed by atoms with Crippen LogP contribution in [0.2, 0.25) is 0 Å². The van der Waals surface area contributed by atoms with Gasteiger partial charge < -0.3 is 14.0 Å². The lowest BCUT2D eigenvalue weighted by atomic mass is 9.83. The van der Waals surface area contributed by atoms with Crippen molar-refractivity contribution in [2.75, 3.05) is 26.2 Å². The summed E-state index contributed by atoms with van der Waals surface area (Å²) in [5.41, 5.74) is 9.52. The summed E-state index contributed by atoms with van der Waals surface area (Å²) < 4.78 is 20.6. The Kier molecular flexibility index (Phi) is 12.7. The number of unbranched alkanes of at least 4 members (excludes halogenated alkanes) is 6. The predicted molar refractivity (Wildman–Crippen MR) is 232 cm³/mol. The standard InChI is InChI=1S/C50H74N3O2/c1-11-15-19-24-38-32-40-36-51-44-26-20-21-27-45(44)52-37-41-33-39(25-22-23-31-53(28-16-12-2,29-17-13-3)30-18-14-4)35-43(49(8,9)10)47(41)55-50(51,52)54-46(40)42(34-38)48(5,6)7/h20-21,26-27,32-37H,11-19,22-25,28-31H2,1-10H3/q+3. The summed E-state index contributed by atoms with van der Waals surface area (Å²) in [6, 6.07) is 17.1. The van der Waals surface area contributed by atoms with Crippen molar-refractivity contribution in [3.05, 3.63) is 81.9 Å². The molecule has 0 radical (unpaired) electrons. The van der Waals surface area contributed by atoms with Crippen LogP contribution in [0.15, 0.2) is 48.5 Å². The SMILES string of the molecule is CCCCCc1cc2c(c(C(C)(C)C)c1)OC13Oc4c(cc(CCCC[N+](CCCC)(CCCC)CCCC)cc4C(C)(C)C)C=[N+]1c1ccccc1[N+]3=C2. The van der Waals surface area contributed by atoms with Crippen molar-refractivity contribution < 1.29 is 23.1 Å². The molecule has 1 atom stereocenters. The molecular weight excluding hydrogens is 675 g/mol. The zero-order valence-corrected chi connectivity index (χ0v) is 36.5. The van der Waals surface area contributed by atoms with Gasteiger partial charge in [-0.1, -0.05) is 126 Å². The number of para-hydroxylation sites is 2. The molecule has 0 saturated heterocycles. The van der Waals surface area contributed by atoms with E-state index in [-0.39, 0.29) is 10.8 Å². The molecule has 5 heteroatoms. The summed E-state index contributed by atoms with van der Waals surface area (Å²) in [5, 5.41) is 0. The van der Waals surface area contributed by atoms with Crippen molar-refractivity contribution >= 4 is 23.8 Å². The first kappa shape index (κ1) is 41.2. The predicted octanol–water partition coefficient (Wildman–Crippen LogP) is 12.5. The number of hydrogen-bond acceptors (Lipinski definition) is 2. The van der Waals surface area contributed by atoms with Crippen molar-refractivity contribution in [3.8, 4) is 11.5 Å². The molecule has 0 bridgehead atoms. The van der Waals surface area contributed by atoms with Crippen LogP contribution in [0.25, 0.3) is 0 Å². The molecule has 1 unspecified atom stereocenters. The molecule has 0 amide bonds. The molecular formula is C50H74N3O2+3. The third-order valence-electron chi connectivity index (χ3n) is 12.4. The average molecular weight is 749 g/mol. The first-order valence-electron chi connectivity index (χ1n) is 22.2. The number of aryl methyl sites for hydroxylation is 2. The third-order valence-corrected chi connectivity index (χ3v) is 12.4. The Hall–Kier alpha value is -3.44. The van der Waals surface area contributed by atoms with E-state index in [0.717, 1.165) is 46.8 Å². The van der Waals surface area contributed by atoms with E-state index >= 15 is 0 Å². The summed E-state index contributed by atoms with van der Waals surface area (Å²) in [5.74, 6) is 1.86. The lowest BCUT2D eigenvalue weighted by Gasteiger charge is -2.39. The van der Waals surface area contributed by atoms with Crippen LogP contribution in [0.3, 0.4) is 0 Å². The van der Waals surface area contributed by atoms with Gasteiger partial charge in [0.25, 0.3) is 11.4 Å². The van der Waals surface area contributed by atoms with Crippen LogP contribution in [0.1, 0.15) is 173 Å². The van der Waals surface area contributed by atoms with E-state index in [0.29, 0.717) is 0 Å². The largest absolute Gasteiger partial charge is 0.715 e. The molecule has 298 valence electrons. The molecule has 0 N–H and O–H groups in total. The maximum atomic E-state index is 7.42. The second kappa shape index (κ2) is 17.0. The molecule has 0 aliphatic carbocycles. The zero-order valence-electron chi connectivity index (χ0n) is 36.5. The maximum Gasteiger partial charge on any atom is 0.715 e. The Morgan fingerprint density at radius 2 is 0.927 bits per heavy atom. The fourth-order valence-electron chi connectivity index (χ4n) is 9.11. The summed E-state index contributed by atoms with van der Waals surface area (Å²) in [4.78, 5) is 0. The molecule has 3 aliphatic heterocycles. The normalized spacial score (nSPS) is 17.3. The van der Waals surface area contributed by atoms with Crippen LogP contribution < -0.4 is 9.47 Å². The molecule has 3 heterocycles. The van der Waals surface area contributed by atoms with Crippen molar-refractivity contribution in [1.29, 1.82) is 0 Å². The van der Waals surface area contributed by atoms with Crippen LogP contribution >= 0.6 is 0 Å². The topological polar surface area (TPSA) is 24.5 Å². The van der Waals surface area contributed by atoms with Gasteiger partial charge in [0.2, 0.25) is 0 Å². The highest BCUT2D eigenvalue weighted by atomic mass is 16.7. The number of hydrogen-bond donors (Lipinski definition) is 0. The summed E-state index contributed by atoms with van der Waals surface area (Å²) in [6.07, 6.45) is 20.8. The molecule has 55 heavy (non-hydrogen) atoms. The minimum absolute atomic E-state index is 0.101. The number of ether oxygens (including phenoxy) is 2. The third kappa shape index (κ3) is 8.63. The van der Waals surface area contributed by atoms with Crippen molar-refractivity contribution in [3.63, 3.8) is 0 Å². The Bertz CT molecular complexity index is 1850. The Morgan fingerprint density at radius 3 is 1.33 bits per heavy atom. The Balaban J connectivity index is 1.37. The first-order chi connectivity index (χ1) is 26.3. The molecule has 5 nitrogen and oxygen atoms in total. The summed E-state index contributed by atoms with van der Waals surface area (Å²) in [7, 11) is 0. The van der Waals surface area contributed by atoms with Crippen molar-refractivity contribution in [2.24, 2.45) is 0 Å². The van der Waals surface area contributed by atoms with Crippen LogP contribution in [0.5, 0.6) is 11.5 Å². The molecule has 1 spiro atoms. The zero-order chi connectivity index (χ0) is 39.4. The van der Waals surface area contributed by atoms with Gasteiger partial charge in [-0.05, 0) is 94.6 Å². The van der Waals surface area contributed by atoms with Crippen LogP contribution in [-0.2, 0) is 23.7 Å². The van der Waals surface area contributed by atoms with Gasteiger partial charge in [0, 0.05) is 23.3 Å². The van der Waals surface area contributed by atoms with Gasteiger partial charge in [-0.15, -0.1) is 0 Å². The first-order valence-corrected chi connectivity index (χ1v) is 22.2. The lowest BCUT2D eigenvalue weighted by Crippen LogP contribution is -2.59. The Labute approximate surface area is 335 Å². The quantitative estimate of drug-likeness (QED) is 0.0735. The number of benzene rings is 3. The fourth-order valence-corrected chi connectivity index (χ4v) is 9.11. The highest BCUT2D eigenvalue weighted by Crippen LogP contribution is 2.52. The molecule has 0 saturated carbocycles. The average Bonchev–Trinajstić information content (AvgIpc) is 3.42. The minimum Gasteiger partial charge on any atom is -0.339 e. The second-order valence-corrected chi connectivity index (χ2v) is 19.1. The summed E-state index contributed by atoms with van der Waals surface area (Å²) in [6.45, 7) is 28.5. The van der Waals surface area contributed by atoms with Gasteiger partial charge in [-0.3, -0.25) is 0 Å². The highest BCUT2D eigenvalue weighted by molar-refractivity contribution is 5.87. The minimum atomic E-state index is -1.19. The fraction of sp³-hybridized carbons (Fsp3) is 0.600. The molecule has 3 aromatic carbocycles. The van der Waals surface area contributed by atoms with E-state index in [1.165, 1.54) is 124 Å². The van der Waals surface area contributed by atoms with E-state index in [1.807, 2.05) is 0 Å². The molecule has 0 fully saturated rings. The molecule has 3 aliphatic rings. The smallest absolute Gasteiger partial charge is 0.339 e. The van der Waals surface area contributed by atoms with Gasteiger partial charge in [0.15, 0.2) is 23.9 Å². The molecule has 0 aromatic heterocycles. The van der Waals surface area contributed by atoms with Crippen molar-refractivity contribution in [2.45, 2.75) is 170 Å². The van der Waals surface area contributed by atoms with Gasteiger partial charge in [-0.25, -0.2) is 0 Å².